The summed E-state index contributed by atoms with van der Waals surface area (Å²) in [5, 5.41) is 5.99. The number of hydrogen-bond donors (Lipinski definition) is 2. The van der Waals surface area contributed by atoms with Crippen molar-refractivity contribution in [3.05, 3.63) is 54.1 Å². The first-order valence-corrected chi connectivity index (χ1v) is 9.07. The average molecular weight is 351 g/mol. The predicted octanol–water partition coefficient (Wildman–Crippen LogP) is 3.99. The maximum atomic E-state index is 12.1. The molecule has 0 aliphatic carbocycles. The molecule has 26 heavy (non-hydrogen) atoms. The number of anilines is 3. The minimum Gasteiger partial charge on any atom is -0.376 e. The normalized spacial score (nSPS) is 14.0. The number of rotatable bonds is 6. The minimum absolute atomic E-state index is 0.0962. The highest BCUT2D eigenvalue weighted by atomic mass is 16.2. The van der Waals surface area contributed by atoms with Gasteiger partial charge >= 0.3 is 0 Å². The van der Waals surface area contributed by atoms with Crippen LogP contribution in [0, 0.1) is 0 Å². The average Bonchev–Trinajstić information content (AvgIpc) is 3.07. The van der Waals surface area contributed by atoms with E-state index in [2.05, 4.69) is 24.5 Å². The molecule has 2 N–H and O–H groups in total. The van der Waals surface area contributed by atoms with Gasteiger partial charge in [0.05, 0.1) is 6.54 Å². The van der Waals surface area contributed by atoms with E-state index in [0.717, 1.165) is 30.0 Å². The number of amides is 2. The molecule has 136 valence electrons. The third-order valence-corrected chi connectivity index (χ3v) is 4.57. The van der Waals surface area contributed by atoms with E-state index in [1.807, 2.05) is 48.5 Å². The monoisotopic (exact) mass is 351 g/mol. The summed E-state index contributed by atoms with van der Waals surface area (Å²) in [5.41, 5.74) is 3.81. The van der Waals surface area contributed by atoms with Gasteiger partial charge in [0, 0.05) is 30.0 Å². The minimum atomic E-state index is -0.0962. The molecule has 1 saturated heterocycles. The Morgan fingerprint density at radius 1 is 1.04 bits per heavy atom. The quantitative estimate of drug-likeness (QED) is 0.827. The van der Waals surface area contributed by atoms with Gasteiger partial charge in [-0.25, -0.2) is 0 Å². The van der Waals surface area contributed by atoms with Crippen LogP contribution in [0.4, 0.5) is 17.1 Å². The van der Waals surface area contributed by atoms with E-state index >= 15 is 0 Å². The molecule has 0 radical (unpaired) electrons. The Labute approximate surface area is 154 Å². The zero-order valence-corrected chi connectivity index (χ0v) is 15.3. The van der Waals surface area contributed by atoms with Gasteiger partial charge < -0.3 is 15.5 Å². The molecule has 2 aromatic rings. The van der Waals surface area contributed by atoms with E-state index < -0.39 is 0 Å². The van der Waals surface area contributed by atoms with Crippen LogP contribution in [0.5, 0.6) is 0 Å². The molecule has 2 amide bonds. The summed E-state index contributed by atoms with van der Waals surface area (Å²) in [5.74, 6) is 0.551. The van der Waals surface area contributed by atoms with Gasteiger partial charge in [-0.1, -0.05) is 26.0 Å². The van der Waals surface area contributed by atoms with Gasteiger partial charge in [0.1, 0.15) is 0 Å². The third-order valence-electron chi connectivity index (χ3n) is 4.57. The number of carbonyl (C=O) groups is 2. The summed E-state index contributed by atoms with van der Waals surface area (Å²) in [6.45, 7) is 5.25. The fourth-order valence-corrected chi connectivity index (χ4v) is 3.02. The SMILES string of the molecule is CC(C)c1ccc(NC(=O)CNc2ccc(N3CCCC3=O)cc2)cc1. The molecule has 0 aromatic heterocycles. The first-order chi connectivity index (χ1) is 12.5. The molecule has 0 bridgehead atoms. The molecule has 0 atom stereocenters. The van der Waals surface area contributed by atoms with Crippen LogP contribution in [0.2, 0.25) is 0 Å². The first-order valence-electron chi connectivity index (χ1n) is 9.07. The molecule has 0 spiro atoms. The highest BCUT2D eigenvalue weighted by Crippen LogP contribution is 2.23. The van der Waals surface area contributed by atoms with Crippen molar-refractivity contribution >= 4 is 28.9 Å². The first kappa shape index (κ1) is 18.0. The molecule has 1 aliphatic rings. The number of benzene rings is 2. The Morgan fingerprint density at radius 3 is 2.27 bits per heavy atom. The van der Waals surface area contributed by atoms with E-state index in [4.69, 9.17) is 0 Å². The lowest BCUT2D eigenvalue weighted by Gasteiger charge is -2.16. The van der Waals surface area contributed by atoms with Crippen LogP contribution in [0.15, 0.2) is 48.5 Å². The maximum absolute atomic E-state index is 12.1. The lowest BCUT2D eigenvalue weighted by atomic mass is 10.0. The molecule has 1 heterocycles. The van der Waals surface area contributed by atoms with Crippen molar-refractivity contribution in [3.8, 4) is 0 Å². The van der Waals surface area contributed by atoms with Gasteiger partial charge in [-0.15, -0.1) is 0 Å². The van der Waals surface area contributed by atoms with E-state index in [-0.39, 0.29) is 18.4 Å². The Morgan fingerprint density at radius 2 is 1.69 bits per heavy atom. The summed E-state index contributed by atoms with van der Waals surface area (Å²) in [4.78, 5) is 25.7. The van der Waals surface area contributed by atoms with E-state index in [1.165, 1.54) is 5.56 Å². The Kier molecular flexibility index (Phi) is 5.56. The largest absolute Gasteiger partial charge is 0.376 e. The van der Waals surface area contributed by atoms with Crippen molar-refractivity contribution in [1.82, 2.24) is 0 Å². The van der Waals surface area contributed by atoms with Gasteiger partial charge in [-0.05, 0) is 54.3 Å². The number of hydrogen-bond acceptors (Lipinski definition) is 3. The predicted molar refractivity (Wildman–Crippen MR) is 106 cm³/mol. The van der Waals surface area contributed by atoms with Gasteiger partial charge in [0.2, 0.25) is 11.8 Å². The topological polar surface area (TPSA) is 61.4 Å². The molecule has 1 fully saturated rings. The van der Waals surface area contributed by atoms with Crippen molar-refractivity contribution in [3.63, 3.8) is 0 Å². The second-order valence-electron chi connectivity index (χ2n) is 6.87. The van der Waals surface area contributed by atoms with Crippen molar-refractivity contribution in [2.45, 2.75) is 32.6 Å². The summed E-state index contributed by atoms with van der Waals surface area (Å²) in [6.07, 6.45) is 1.54. The summed E-state index contributed by atoms with van der Waals surface area (Å²) in [7, 11) is 0. The third kappa shape index (κ3) is 4.42. The second kappa shape index (κ2) is 8.04. The van der Waals surface area contributed by atoms with Crippen LogP contribution in [0.3, 0.4) is 0 Å². The number of nitrogens with one attached hydrogen (secondary N) is 2. The molecular formula is C21H25N3O2. The summed E-state index contributed by atoms with van der Waals surface area (Å²) >= 11 is 0. The molecule has 1 aliphatic heterocycles. The molecular weight excluding hydrogens is 326 g/mol. The Hall–Kier alpha value is -2.82. The highest BCUT2D eigenvalue weighted by Gasteiger charge is 2.21. The van der Waals surface area contributed by atoms with E-state index in [9.17, 15) is 9.59 Å². The summed E-state index contributed by atoms with van der Waals surface area (Å²) < 4.78 is 0. The van der Waals surface area contributed by atoms with E-state index in [0.29, 0.717) is 12.3 Å². The smallest absolute Gasteiger partial charge is 0.243 e. The van der Waals surface area contributed by atoms with E-state index in [1.54, 1.807) is 4.90 Å². The number of carbonyl (C=O) groups excluding carboxylic acids is 2. The second-order valence-corrected chi connectivity index (χ2v) is 6.87. The lowest BCUT2D eigenvalue weighted by Crippen LogP contribution is -2.24. The van der Waals surface area contributed by atoms with Crippen molar-refractivity contribution in [2.24, 2.45) is 0 Å². The fourth-order valence-electron chi connectivity index (χ4n) is 3.02. The van der Waals surface area contributed by atoms with Crippen LogP contribution in [-0.4, -0.2) is 24.9 Å². The molecule has 5 nitrogen and oxygen atoms in total. The van der Waals surface area contributed by atoms with Crippen molar-refractivity contribution in [1.29, 1.82) is 0 Å². The molecule has 3 rings (SSSR count). The Bertz CT molecular complexity index is 767. The van der Waals surface area contributed by atoms with Gasteiger partial charge in [-0.2, -0.15) is 0 Å². The van der Waals surface area contributed by atoms with Crippen molar-refractivity contribution in [2.75, 3.05) is 28.6 Å². The van der Waals surface area contributed by atoms with Gasteiger partial charge in [0.25, 0.3) is 0 Å². The zero-order valence-electron chi connectivity index (χ0n) is 15.3. The molecule has 0 unspecified atom stereocenters. The zero-order chi connectivity index (χ0) is 18.5. The lowest BCUT2D eigenvalue weighted by molar-refractivity contribution is -0.117. The maximum Gasteiger partial charge on any atom is 0.243 e. The van der Waals surface area contributed by atoms with Crippen LogP contribution < -0.4 is 15.5 Å². The van der Waals surface area contributed by atoms with Gasteiger partial charge in [0.15, 0.2) is 0 Å². The fraction of sp³-hybridized carbons (Fsp3) is 0.333. The standard InChI is InChI=1S/C21H25N3O2/c1-15(2)16-5-7-18(8-6-16)23-20(25)14-22-17-9-11-19(12-10-17)24-13-3-4-21(24)26/h5-12,15,22H,3-4,13-14H2,1-2H3,(H,23,25). The van der Waals surface area contributed by atoms with Crippen LogP contribution >= 0.6 is 0 Å². The molecule has 5 heteroatoms. The molecule has 2 aromatic carbocycles. The van der Waals surface area contributed by atoms with Crippen LogP contribution in [-0.2, 0) is 9.59 Å². The van der Waals surface area contributed by atoms with Crippen LogP contribution in [0.25, 0.3) is 0 Å². The number of nitrogens with zero attached hydrogens (tertiary/aromatic N) is 1. The van der Waals surface area contributed by atoms with Crippen molar-refractivity contribution < 1.29 is 9.59 Å². The highest BCUT2D eigenvalue weighted by molar-refractivity contribution is 5.96. The van der Waals surface area contributed by atoms with Crippen LogP contribution in [0.1, 0.15) is 38.2 Å². The molecule has 0 saturated carbocycles. The Balaban J connectivity index is 1.50. The summed E-state index contributed by atoms with van der Waals surface area (Å²) in [6, 6.07) is 15.5. The van der Waals surface area contributed by atoms with Gasteiger partial charge in [-0.3, -0.25) is 9.59 Å².